The lowest BCUT2D eigenvalue weighted by Gasteiger charge is -2.18. The fourth-order valence-corrected chi connectivity index (χ4v) is 3.98. The van der Waals surface area contributed by atoms with Crippen molar-refractivity contribution < 1.29 is 13.2 Å². The van der Waals surface area contributed by atoms with Crippen LogP contribution in [-0.4, -0.2) is 47.5 Å². The van der Waals surface area contributed by atoms with E-state index in [1.165, 1.54) is 7.11 Å². The van der Waals surface area contributed by atoms with Crippen LogP contribution in [0.15, 0.2) is 18.2 Å². The summed E-state index contributed by atoms with van der Waals surface area (Å²) in [5, 5.41) is 14.0. The van der Waals surface area contributed by atoms with Crippen LogP contribution < -0.4 is 4.72 Å². The van der Waals surface area contributed by atoms with Gasteiger partial charge in [0.15, 0.2) is 0 Å². The molecule has 0 saturated heterocycles. The molecule has 1 aromatic carbocycles. The minimum Gasteiger partial charge on any atom is -0.383 e. The minimum atomic E-state index is -3.59. The second kappa shape index (κ2) is 5.49. The summed E-state index contributed by atoms with van der Waals surface area (Å²) in [6, 6.07) is 4.76. The summed E-state index contributed by atoms with van der Waals surface area (Å²) in [4.78, 5) is 0. The lowest BCUT2D eigenvalue weighted by Crippen LogP contribution is -2.33. The number of anilines is 1. The summed E-state index contributed by atoms with van der Waals surface area (Å²) in [6.45, 7) is 0.160. The van der Waals surface area contributed by atoms with Crippen molar-refractivity contribution in [3.8, 4) is 11.4 Å². The zero-order valence-electron chi connectivity index (χ0n) is 11.7. The highest BCUT2D eigenvalue weighted by Crippen LogP contribution is 2.45. The van der Waals surface area contributed by atoms with E-state index in [4.69, 9.17) is 16.3 Å². The van der Waals surface area contributed by atoms with E-state index in [9.17, 15) is 8.42 Å². The number of aromatic amines is 1. The number of hydrogen-bond donors (Lipinski definition) is 2. The molecule has 1 aromatic heterocycles. The van der Waals surface area contributed by atoms with Gasteiger partial charge in [0.2, 0.25) is 15.8 Å². The lowest BCUT2D eigenvalue weighted by molar-refractivity contribution is 0.192. The zero-order valence-corrected chi connectivity index (χ0v) is 13.3. The number of H-pyrrole nitrogens is 1. The Balaban J connectivity index is 1.96. The Morgan fingerprint density at radius 3 is 2.82 bits per heavy atom. The molecule has 0 unspecified atom stereocenters. The number of methoxy groups -OCH3 is 1. The summed E-state index contributed by atoms with van der Waals surface area (Å²) in [6.07, 6.45) is 1.14. The van der Waals surface area contributed by atoms with Gasteiger partial charge >= 0.3 is 0 Å². The fraction of sp³-hybridized carbons (Fsp3) is 0.417. The largest absolute Gasteiger partial charge is 0.383 e. The van der Waals surface area contributed by atoms with Gasteiger partial charge in [-0.05, 0) is 36.3 Å². The van der Waals surface area contributed by atoms with Crippen molar-refractivity contribution in [2.24, 2.45) is 0 Å². The third kappa shape index (κ3) is 2.67. The third-order valence-corrected chi connectivity index (χ3v) is 5.99. The molecule has 0 atom stereocenters. The van der Waals surface area contributed by atoms with E-state index in [-0.39, 0.29) is 12.4 Å². The highest BCUT2D eigenvalue weighted by molar-refractivity contribution is 7.94. The first-order chi connectivity index (χ1) is 10.5. The van der Waals surface area contributed by atoms with Gasteiger partial charge < -0.3 is 4.74 Å². The van der Waals surface area contributed by atoms with Gasteiger partial charge in [-0.2, -0.15) is 5.21 Å². The lowest BCUT2D eigenvalue weighted by atomic mass is 10.2. The van der Waals surface area contributed by atoms with E-state index in [0.29, 0.717) is 29.1 Å². The Morgan fingerprint density at radius 1 is 1.45 bits per heavy atom. The van der Waals surface area contributed by atoms with Crippen molar-refractivity contribution in [2.75, 3.05) is 18.4 Å². The predicted molar refractivity (Wildman–Crippen MR) is 81.0 cm³/mol. The molecule has 1 saturated carbocycles. The van der Waals surface area contributed by atoms with Crippen LogP contribution in [0.2, 0.25) is 5.02 Å². The Hall–Kier alpha value is -1.71. The van der Waals surface area contributed by atoms with Crippen molar-refractivity contribution in [1.82, 2.24) is 20.6 Å². The van der Waals surface area contributed by atoms with Crippen LogP contribution >= 0.6 is 11.6 Å². The summed E-state index contributed by atoms with van der Waals surface area (Å²) >= 11 is 5.97. The molecule has 0 radical (unpaired) electrons. The number of sulfonamides is 1. The maximum absolute atomic E-state index is 12.6. The molecule has 1 heterocycles. The van der Waals surface area contributed by atoms with Gasteiger partial charge in [-0.15, -0.1) is 10.2 Å². The molecule has 0 aliphatic heterocycles. The molecule has 8 nitrogen and oxygen atoms in total. The van der Waals surface area contributed by atoms with Gasteiger partial charge in [0, 0.05) is 17.7 Å². The highest BCUT2D eigenvalue weighted by atomic mass is 35.5. The average Bonchev–Trinajstić information content (AvgIpc) is 3.07. The van der Waals surface area contributed by atoms with Crippen LogP contribution in [0.25, 0.3) is 11.4 Å². The molecule has 2 N–H and O–H groups in total. The Bertz CT molecular complexity index is 774. The number of rotatable bonds is 6. The maximum Gasteiger partial charge on any atom is 0.240 e. The molecule has 22 heavy (non-hydrogen) atoms. The first-order valence-electron chi connectivity index (χ1n) is 6.52. The van der Waals surface area contributed by atoms with Crippen LogP contribution in [0.5, 0.6) is 0 Å². The van der Waals surface area contributed by atoms with Crippen LogP contribution in [0, 0.1) is 0 Å². The molecule has 1 aliphatic rings. The van der Waals surface area contributed by atoms with E-state index in [0.717, 1.165) is 0 Å². The smallest absolute Gasteiger partial charge is 0.240 e. The van der Waals surface area contributed by atoms with Crippen molar-refractivity contribution in [3.05, 3.63) is 23.2 Å². The van der Waals surface area contributed by atoms with Crippen molar-refractivity contribution in [2.45, 2.75) is 17.6 Å². The predicted octanol–water partition coefficient (Wildman–Crippen LogP) is 1.44. The number of aromatic nitrogens is 4. The topological polar surface area (TPSA) is 110 Å². The van der Waals surface area contributed by atoms with Crippen LogP contribution in [0.4, 0.5) is 5.69 Å². The molecular weight excluding hydrogens is 330 g/mol. The molecule has 0 bridgehead atoms. The Kier molecular flexibility index (Phi) is 3.79. The first kappa shape index (κ1) is 15.2. The van der Waals surface area contributed by atoms with Crippen molar-refractivity contribution in [3.63, 3.8) is 0 Å². The van der Waals surface area contributed by atoms with Gasteiger partial charge in [0.25, 0.3) is 0 Å². The molecule has 0 amide bonds. The molecule has 1 aliphatic carbocycles. The summed E-state index contributed by atoms with van der Waals surface area (Å²) in [5.74, 6) is 0.261. The van der Waals surface area contributed by atoms with Gasteiger partial charge in [-0.1, -0.05) is 11.6 Å². The van der Waals surface area contributed by atoms with Gasteiger partial charge in [-0.25, -0.2) is 8.42 Å². The number of nitrogens with one attached hydrogen (secondary N) is 2. The standard InChI is InChI=1S/C12H14ClN5O3S/c1-21-7-12(4-5-12)22(19,20)16-10-3-2-8(13)6-9(10)11-14-17-18-15-11/h2-3,6,16H,4-5,7H2,1H3,(H,14,15,17,18). The second-order valence-electron chi connectivity index (χ2n) is 5.15. The molecular formula is C12H14ClN5O3S. The number of hydrogen-bond acceptors (Lipinski definition) is 6. The average molecular weight is 344 g/mol. The quantitative estimate of drug-likeness (QED) is 0.821. The van der Waals surface area contributed by atoms with E-state index in [2.05, 4.69) is 25.3 Å². The van der Waals surface area contributed by atoms with E-state index in [1.807, 2.05) is 0 Å². The molecule has 3 rings (SSSR count). The van der Waals surface area contributed by atoms with Crippen LogP contribution in [-0.2, 0) is 14.8 Å². The Labute approximate surface area is 132 Å². The summed E-state index contributed by atoms with van der Waals surface area (Å²) in [7, 11) is -2.11. The second-order valence-corrected chi connectivity index (χ2v) is 7.66. The normalized spacial score (nSPS) is 16.5. The van der Waals surface area contributed by atoms with E-state index >= 15 is 0 Å². The SMILES string of the molecule is COCC1(S(=O)(=O)Nc2ccc(Cl)cc2-c2nn[nH]n2)CC1. The van der Waals surface area contributed by atoms with Crippen molar-refractivity contribution in [1.29, 1.82) is 0 Å². The molecule has 118 valence electrons. The summed E-state index contributed by atoms with van der Waals surface area (Å²) in [5.41, 5.74) is 0.811. The van der Waals surface area contributed by atoms with Crippen LogP contribution in [0.3, 0.4) is 0 Å². The van der Waals surface area contributed by atoms with Gasteiger partial charge in [0.1, 0.15) is 4.75 Å². The molecule has 1 fully saturated rings. The highest BCUT2D eigenvalue weighted by Gasteiger charge is 2.55. The van der Waals surface area contributed by atoms with Gasteiger partial charge in [-0.3, -0.25) is 4.72 Å². The molecule has 10 heteroatoms. The zero-order chi connectivity index (χ0) is 15.8. The number of benzene rings is 1. The monoisotopic (exact) mass is 343 g/mol. The number of ether oxygens (including phenoxy) is 1. The number of halogens is 1. The van der Waals surface area contributed by atoms with Crippen LogP contribution in [0.1, 0.15) is 12.8 Å². The van der Waals surface area contributed by atoms with Crippen molar-refractivity contribution >= 4 is 27.3 Å². The minimum absolute atomic E-state index is 0.160. The van der Waals surface area contributed by atoms with Gasteiger partial charge in [0.05, 0.1) is 12.3 Å². The molecule has 2 aromatic rings. The maximum atomic E-state index is 12.6. The van der Waals surface area contributed by atoms with E-state index in [1.54, 1.807) is 18.2 Å². The number of tetrazole rings is 1. The van der Waals surface area contributed by atoms with E-state index < -0.39 is 14.8 Å². The fourth-order valence-electron chi connectivity index (χ4n) is 2.21. The molecule has 0 spiro atoms. The number of nitrogens with zero attached hydrogens (tertiary/aromatic N) is 3. The third-order valence-electron chi connectivity index (χ3n) is 3.60. The summed E-state index contributed by atoms with van der Waals surface area (Å²) < 4.78 is 32.0. The Morgan fingerprint density at radius 2 is 2.23 bits per heavy atom. The first-order valence-corrected chi connectivity index (χ1v) is 8.38.